The molecule has 1 saturated carbocycles. The molecule has 0 spiro atoms. The van der Waals surface area contributed by atoms with Gasteiger partial charge < -0.3 is 10.1 Å². The number of thiazole rings is 1. The highest BCUT2D eigenvalue weighted by atomic mass is 32.2. The van der Waals surface area contributed by atoms with Crippen molar-refractivity contribution < 1.29 is 22.7 Å². The molecule has 0 radical (unpaired) electrons. The lowest BCUT2D eigenvalue weighted by atomic mass is 10.2. The first-order valence-corrected chi connectivity index (χ1v) is 12.4. The summed E-state index contributed by atoms with van der Waals surface area (Å²) in [6, 6.07) is 5.93. The summed E-state index contributed by atoms with van der Waals surface area (Å²) in [4.78, 5) is 29.4. The van der Waals surface area contributed by atoms with Crippen molar-refractivity contribution in [2.75, 3.05) is 19.0 Å². The third kappa shape index (κ3) is 4.58. The van der Waals surface area contributed by atoms with Gasteiger partial charge in [-0.2, -0.15) is 4.31 Å². The number of nitrogens with zero attached hydrogens (tertiary/aromatic N) is 2. The van der Waals surface area contributed by atoms with Crippen molar-refractivity contribution in [3.8, 4) is 0 Å². The van der Waals surface area contributed by atoms with Gasteiger partial charge in [0.15, 0.2) is 5.13 Å². The molecule has 31 heavy (non-hydrogen) atoms. The minimum Gasteiger partial charge on any atom is -0.465 e. The molecule has 0 bridgehead atoms. The Balaban J connectivity index is 1.49. The predicted octanol–water partition coefficient (Wildman–Crippen LogP) is 2.74. The van der Waals surface area contributed by atoms with Crippen LogP contribution in [0, 0.1) is 0 Å². The van der Waals surface area contributed by atoms with E-state index in [4.69, 9.17) is 4.74 Å². The molecule has 2 N–H and O–H groups in total. The average molecular weight is 465 g/mol. The van der Waals surface area contributed by atoms with Gasteiger partial charge in [-0.05, 0) is 25.0 Å². The number of amides is 2. The van der Waals surface area contributed by atoms with Crippen molar-refractivity contribution in [1.29, 1.82) is 0 Å². The first-order chi connectivity index (χ1) is 14.9. The molecule has 9 nitrogen and oxygen atoms in total. The molecule has 2 aromatic rings. The van der Waals surface area contributed by atoms with Gasteiger partial charge in [0.05, 0.1) is 29.8 Å². The number of hydrogen-bond acceptors (Lipinski definition) is 7. The Hall–Kier alpha value is -2.50. The maximum absolute atomic E-state index is 13.2. The highest BCUT2D eigenvalue weighted by Gasteiger charge is 2.33. The van der Waals surface area contributed by atoms with E-state index in [2.05, 4.69) is 15.6 Å². The predicted molar refractivity (Wildman–Crippen MR) is 116 cm³/mol. The van der Waals surface area contributed by atoms with Crippen molar-refractivity contribution in [3.05, 3.63) is 40.4 Å². The number of aromatic nitrogens is 1. The number of anilines is 1. The van der Waals surface area contributed by atoms with Crippen molar-refractivity contribution in [3.63, 3.8) is 0 Å². The number of carbonyl (C=O) groups is 2. The van der Waals surface area contributed by atoms with E-state index in [1.165, 1.54) is 34.9 Å². The molecular formula is C20H24N4O5S2. The fraction of sp³-hybridized carbons (Fsp3) is 0.450. The number of urea groups is 1. The largest absolute Gasteiger partial charge is 0.465 e. The van der Waals surface area contributed by atoms with Gasteiger partial charge in [0, 0.05) is 23.9 Å². The van der Waals surface area contributed by atoms with Crippen molar-refractivity contribution in [2.24, 2.45) is 0 Å². The van der Waals surface area contributed by atoms with Gasteiger partial charge in [-0.25, -0.2) is 23.0 Å². The van der Waals surface area contributed by atoms with Crippen LogP contribution < -0.4 is 10.6 Å². The van der Waals surface area contributed by atoms with Gasteiger partial charge in [0.25, 0.3) is 0 Å². The Morgan fingerprint density at radius 2 is 1.97 bits per heavy atom. The number of benzene rings is 1. The van der Waals surface area contributed by atoms with E-state index >= 15 is 0 Å². The normalized spacial score (nSPS) is 17.2. The summed E-state index contributed by atoms with van der Waals surface area (Å²) in [5, 5.41) is 6.18. The summed E-state index contributed by atoms with van der Waals surface area (Å²) in [7, 11) is -2.69. The lowest BCUT2D eigenvalue weighted by Gasteiger charge is -2.26. The molecule has 1 aromatic heterocycles. The Kier molecular flexibility index (Phi) is 6.26. The standard InChI is InChI=1S/C20H24N4O5S2/c1-29-18(25)14-8-4-5-9-17(14)31(27,28)24-11-10-15-16(12-24)30-20(22-15)23-19(26)21-13-6-2-3-7-13/h4-5,8-9,13H,2-3,6-7,10-12H2,1H3,(H2,21,22,23,26). The molecule has 1 aliphatic heterocycles. The fourth-order valence-electron chi connectivity index (χ4n) is 3.93. The monoisotopic (exact) mass is 464 g/mol. The Bertz CT molecular complexity index is 1090. The zero-order chi connectivity index (χ0) is 22.0. The van der Waals surface area contributed by atoms with Crippen LogP contribution >= 0.6 is 11.3 Å². The van der Waals surface area contributed by atoms with E-state index in [1.807, 2.05) is 0 Å². The average Bonchev–Trinajstić information content (AvgIpc) is 3.41. The van der Waals surface area contributed by atoms with E-state index in [0.717, 1.165) is 36.3 Å². The Morgan fingerprint density at radius 1 is 1.23 bits per heavy atom. The summed E-state index contributed by atoms with van der Waals surface area (Å²) < 4.78 is 32.5. The highest BCUT2D eigenvalue weighted by molar-refractivity contribution is 7.89. The zero-order valence-corrected chi connectivity index (χ0v) is 18.7. The van der Waals surface area contributed by atoms with Crippen LogP contribution in [0.1, 0.15) is 46.6 Å². The van der Waals surface area contributed by atoms with E-state index in [9.17, 15) is 18.0 Å². The molecule has 1 aromatic carbocycles. The molecular weight excluding hydrogens is 440 g/mol. The molecule has 2 heterocycles. The topological polar surface area (TPSA) is 118 Å². The smallest absolute Gasteiger partial charge is 0.339 e. The Labute approximate surface area is 184 Å². The van der Waals surface area contributed by atoms with Crippen molar-refractivity contribution in [2.45, 2.75) is 49.6 Å². The van der Waals surface area contributed by atoms with E-state index in [-0.39, 0.29) is 35.6 Å². The summed E-state index contributed by atoms with van der Waals surface area (Å²) in [5.74, 6) is -0.700. The second-order valence-corrected chi connectivity index (χ2v) is 10.5. The minimum absolute atomic E-state index is 0.00559. The molecule has 4 rings (SSSR count). The van der Waals surface area contributed by atoms with Gasteiger partial charge in [-0.3, -0.25) is 5.32 Å². The van der Waals surface area contributed by atoms with Crippen LogP contribution in [0.5, 0.6) is 0 Å². The van der Waals surface area contributed by atoms with Gasteiger partial charge >= 0.3 is 12.0 Å². The maximum Gasteiger partial charge on any atom is 0.339 e. The lowest BCUT2D eigenvalue weighted by molar-refractivity contribution is 0.0596. The SMILES string of the molecule is COC(=O)c1ccccc1S(=O)(=O)N1CCc2nc(NC(=O)NC3CCCC3)sc2C1. The van der Waals surface area contributed by atoms with Crippen LogP contribution in [-0.2, 0) is 27.7 Å². The number of esters is 1. The van der Waals surface area contributed by atoms with Gasteiger partial charge in [0.2, 0.25) is 10.0 Å². The molecule has 0 saturated heterocycles. The first-order valence-electron chi connectivity index (χ1n) is 10.1. The summed E-state index contributed by atoms with van der Waals surface area (Å²) in [6.07, 6.45) is 4.65. The second kappa shape index (κ2) is 8.93. The van der Waals surface area contributed by atoms with Crippen LogP contribution in [-0.4, -0.2) is 49.4 Å². The molecule has 2 aliphatic rings. The zero-order valence-electron chi connectivity index (χ0n) is 17.1. The van der Waals surface area contributed by atoms with E-state index < -0.39 is 16.0 Å². The summed E-state index contributed by atoms with van der Waals surface area (Å²) >= 11 is 1.27. The number of fused-ring (bicyclic) bond motifs is 1. The molecule has 166 valence electrons. The van der Waals surface area contributed by atoms with Crippen LogP contribution in [0.25, 0.3) is 0 Å². The molecule has 1 fully saturated rings. The van der Waals surface area contributed by atoms with E-state index in [1.54, 1.807) is 12.1 Å². The Morgan fingerprint density at radius 3 is 2.71 bits per heavy atom. The summed E-state index contributed by atoms with van der Waals surface area (Å²) in [5.41, 5.74) is 0.792. The minimum atomic E-state index is -3.91. The number of nitrogens with one attached hydrogen (secondary N) is 2. The quantitative estimate of drug-likeness (QED) is 0.657. The van der Waals surface area contributed by atoms with E-state index in [0.29, 0.717) is 11.6 Å². The fourth-order valence-corrected chi connectivity index (χ4v) is 6.62. The van der Waals surface area contributed by atoms with Crippen LogP contribution in [0.4, 0.5) is 9.93 Å². The number of methoxy groups -OCH3 is 1. The summed E-state index contributed by atoms with van der Waals surface area (Å²) in [6.45, 7) is 0.374. The third-order valence-corrected chi connectivity index (χ3v) is 8.42. The van der Waals surface area contributed by atoms with Crippen molar-refractivity contribution >= 4 is 38.5 Å². The lowest BCUT2D eigenvalue weighted by Crippen LogP contribution is -2.36. The highest BCUT2D eigenvalue weighted by Crippen LogP contribution is 2.32. The number of hydrogen-bond donors (Lipinski definition) is 2. The number of sulfonamides is 1. The number of ether oxygens (including phenoxy) is 1. The molecule has 2 amide bonds. The molecule has 1 aliphatic carbocycles. The van der Waals surface area contributed by atoms with Crippen LogP contribution in [0.2, 0.25) is 0 Å². The van der Waals surface area contributed by atoms with Gasteiger partial charge in [-0.15, -0.1) is 0 Å². The number of rotatable bonds is 5. The third-order valence-electron chi connectivity index (χ3n) is 5.52. The second-order valence-electron chi connectivity index (χ2n) is 7.55. The number of carbonyl (C=O) groups excluding carboxylic acids is 2. The molecule has 0 atom stereocenters. The van der Waals surface area contributed by atoms with Crippen molar-refractivity contribution in [1.82, 2.24) is 14.6 Å². The van der Waals surface area contributed by atoms with Gasteiger partial charge in [-0.1, -0.05) is 36.3 Å². The van der Waals surface area contributed by atoms with Gasteiger partial charge in [0.1, 0.15) is 0 Å². The maximum atomic E-state index is 13.2. The first kappa shape index (κ1) is 21.7. The van der Waals surface area contributed by atoms with Crippen LogP contribution in [0.3, 0.4) is 0 Å². The molecule has 11 heteroatoms. The molecule has 0 unspecified atom stereocenters. The van der Waals surface area contributed by atoms with Crippen LogP contribution in [0.15, 0.2) is 29.2 Å².